The largest absolute Gasteiger partial charge is 0.491 e. The Balaban J connectivity index is 2.08. The van der Waals surface area contributed by atoms with Crippen LogP contribution in [0.1, 0.15) is 25.5 Å². The molecule has 2 unspecified atom stereocenters. The third-order valence-electron chi connectivity index (χ3n) is 3.10. The summed E-state index contributed by atoms with van der Waals surface area (Å²) in [5.74, 6) is -0.0241. The van der Waals surface area contributed by atoms with Gasteiger partial charge < -0.3 is 10.1 Å². The van der Waals surface area contributed by atoms with Gasteiger partial charge in [-0.25, -0.2) is 0 Å². The molecule has 2 atom stereocenters. The summed E-state index contributed by atoms with van der Waals surface area (Å²) in [7, 11) is 0. The predicted molar refractivity (Wildman–Crippen MR) is 66.8 cm³/mol. The average molecular weight is 244 g/mol. The lowest BCUT2D eigenvalue weighted by Gasteiger charge is -2.16. The van der Waals surface area contributed by atoms with Crippen LogP contribution in [0.25, 0.3) is 0 Å². The first-order chi connectivity index (χ1) is 8.63. The van der Waals surface area contributed by atoms with Gasteiger partial charge in [-0.05, 0) is 12.0 Å². The van der Waals surface area contributed by atoms with E-state index in [1.54, 1.807) is 0 Å². The smallest absolute Gasteiger partial charge is 0.238 e. The van der Waals surface area contributed by atoms with E-state index in [1.807, 2.05) is 44.2 Å². The van der Waals surface area contributed by atoms with Gasteiger partial charge in [0.2, 0.25) is 5.91 Å². The van der Waals surface area contributed by atoms with Crippen LogP contribution in [-0.2, 0) is 4.79 Å². The second-order valence-electron chi connectivity index (χ2n) is 4.76. The van der Waals surface area contributed by atoms with Crippen molar-refractivity contribution in [3.8, 4) is 11.8 Å². The summed E-state index contributed by atoms with van der Waals surface area (Å²) >= 11 is 0. The van der Waals surface area contributed by atoms with Gasteiger partial charge in [-0.1, -0.05) is 32.0 Å². The van der Waals surface area contributed by atoms with Crippen molar-refractivity contribution in [3.63, 3.8) is 0 Å². The molecule has 0 aliphatic carbocycles. The molecule has 0 fully saturated rings. The lowest BCUT2D eigenvalue weighted by molar-refractivity contribution is -0.125. The Morgan fingerprint density at radius 1 is 1.50 bits per heavy atom. The molecule has 0 saturated heterocycles. The first-order valence-electron chi connectivity index (χ1n) is 6.05. The molecular weight excluding hydrogens is 228 g/mol. The van der Waals surface area contributed by atoms with Gasteiger partial charge in [0.25, 0.3) is 0 Å². The topological polar surface area (TPSA) is 62.1 Å². The second kappa shape index (κ2) is 5.09. The number of rotatable bonds is 3. The molecule has 1 N–H and O–H groups in total. The molecule has 1 aromatic rings. The van der Waals surface area contributed by atoms with Crippen molar-refractivity contribution in [3.05, 3.63) is 29.8 Å². The summed E-state index contributed by atoms with van der Waals surface area (Å²) < 4.78 is 5.49. The average Bonchev–Trinajstić information content (AvgIpc) is 2.73. The monoisotopic (exact) mass is 244 g/mol. The fourth-order valence-corrected chi connectivity index (χ4v) is 2.05. The van der Waals surface area contributed by atoms with Crippen molar-refractivity contribution in [2.24, 2.45) is 11.8 Å². The standard InChI is InChI=1S/C14H16N2O2/c1-9(2)11(7-15)14(17)16-12-8-18-13-6-4-3-5-10(12)13/h3-6,9,11-12H,8H2,1-2H3,(H,16,17). The molecule has 18 heavy (non-hydrogen) atoms. The number of amides is 1. The van der Waals surface area contributed by atoms with E-state index in [-0.39, 0.29) is 17.9 Å². The molecule has 1 amide bonds. The van der Waals surface area contributed by atoms with Crippen LogP contribution in [-0.4, -0.2) is 12.5 Å². The Morgan fingerprint density at radius 3 is 2.89 bits per heavy atom. The number of carbonyl (C=O) groups excluding carboxylic acids is 1. The minimum absolute atomic E-state index is 0.00700. The van der Waals surface area contributed by atoms with E-state index >= 15 is 0 Å². The van der Waals surface area contributed by atoms with E-state index in [4.69, 9.17) is 10.00 Å². The Hall–Kier alpha value is -2.02. The molecule has 0 saturated carbocycles. The zero-order chi connectivity index (χ0) is 13.1. The number of hydrogen-bond acceptors (Lipinski definition) is 3. The molecule has 1 aliphatic rings. The maximum absolute atomic E-state index is 12.0. The number of nitrogens with one attached hydrogen (secondary N) is 1. The Kier molecular flexibility index (Phi) is 3.52. The van der Waals surface area contributed by atoms with Crippen LogP contribution in [0.15, 0.2) is 24.3 Å². The van der Waals surface area contributed by atoms with Gasteiger partial charge in [0.1, 0.15) is 18.3 Å². The van der Waals surface area contributed by atoms with Gasteiger partial charge in [0.15, 0.2) is 0 Å². The van der Waals surface area contributed by atoms with Gasteiger partial charge in [0.05, 0.1) is 12.1 Å². The fourth-order valence-electron chi connectivity index (χ4n) is 2.05. The highest BCUT2D eigenvalue weighted by Crippen LogP contribution is 2.31. The zero-order valence-corrected chi connectivity index (χ0v) is 10.5. The quantitative estimate of drug-likeness (QED) is 0.885. The highest BCUT2D eigenvalue weighted by atomic mass is 16.5. The summed E-state index contributed by atoms with van der Waals surface area (Å²) in [4.78, 5) is 12.0. The number of nitrogens with zero attached hydrogens (tertiary/aromatic N) is 1. The van der Waals surface area contributed by atoms with E-state index in [9.17, 15) is 4.79 Å². The molecular formula is C14H16N2O2. The predicted octanol–water partition coefficient (Wildman–Crippen LogP) is 2.03. The summed E-state index contributed by atoms with van der Waals surface area (Å²) in [6.07, 6.45) is 0. The maximum Gasteiger partial charge on any atom is 0.238 e. The van der Waals surface area contributed by atoms with E-state index in [2.05, 4.69) is 5.32 Å². The van der Waals surface area contributed by atoms with Crippen LogP contribution in [0, 0.1) is 23.2 Å². The first-order valence-corrected chi connectivity index (χ1v) is 6.05. The van der Waals surface area contributed by atoms with Gasteiger partial charge >= 0.3 is 0 Å². The van der Waals surface area contributed by atoms with E-state index in [0.717, 1.165) is 11.3 Å². The van der Waals surface area contributed by atoms with Crippen molar-refractivity contribution in [2.45, 2.75) is 19.9 Å². The maximum atomic E-state index is 12.0. The van der Waals surface area contributed by atoms with Crippen LogP contribution in [0.3, 0.4) is 0 Å². The Labute approximate surface area is 107 Å². The molecule has 0 radical (unpaired) electrons. The van der Waals surface area contributed by atoms with Gasteiger partial charge in [0, 0.05) is 5.56 Å². The summed E-state index contributed by atoms with van der Waals surface area (Å²) in [6, 6.07) is 9.52. The number of carbonyl (C=O) groups is 1. The Morgan fingerprint density at radius 2 is 2.22 bits per heavy atom. The number of para-hydroxylation sites is 1. The highest BCUT2D eigenvalue weighted by molar-refractivity contribution is 5.82. The molecule has 0 aromatic heterocycles. The highest BCUT2D eigenvalue weighted by Gasteiger charge is 2.29. The minimum Gasteiger partial charge on any atom is -0.491 e. The molecule has 1 aromatic carbocycles. The lowest BCUT2D eigenvalue weighted by Crippen LogP contribution is -2.36. The minimum atomic E-state index is -0.613. The normalized spacial score (nSPS) is 18.7. The van der Waals surface area contributed by atoms with Crippen LogP contribution < -0.4 is 10.1 Å². The van der Waals surface area contributed by atoms with E-state index in [0.29, 0.717) is 6.61 Å². The molecule has 4 heteroatoms. The summed E-state index contributed by atoms with van der Waals surface area (Å²) in [5.41, 5.74) is 0.978. The Bertz CT molecular complexity index is 491. The van der Waals surface area contributed by atoms with Crippen molar-refractivity contribution >= 4 is 5.91 Å². The number of benzene rings is 1. The SMILES string of the molecule is CC(C)C(C#N)C(=O)NC1COc2ccccc21. The molecule has 1 aliphatic heterocycles. The third kappa shape index (κ3) is 2.30. The molecule has 0 spiro atoms. The zero-order valence-electron chi connectivity index (χ0n) is 10.5. The summed E-state index contributed by atoms with van der Waals surface area (Å²) in [6.45, 7) is 4.17. The van der Waals surface area contributed by atoms with Crippen LogP contribution in [0.4, 0.5) is 0 Å². The van der Waals surface area contributed by atoms with Crippen molar-refractivity contribution < 1.29 is 9.53 Å². The molecule has 0 bridgehead atoms. The van der Waals surface area contributed by atoms with Gasteiger partial charge in [-0.3, -0.25) is 4.79 Å². The van der Waals surface area contributed by atoms with E-state index < -0.39 is 5.92 Å². The van der Waals surface area contributed by atoms with Gasteiger partial charge in [-0.15, -0.1) is 0 Å². The fraction of sp³-hybridized carbons (Fsp3) is 0.429. The molecule has 2 rings (SSSR count). The van der Waals surface area contributed by atoms with Gasteiger partial charge in [-0.2, -0.15) is 5.26 Å². The first kappa shape index (κ1) is 12.4. The van der Waals surface area contributed by atoms with Crippen molar-refractivity contribution in [2.75, 3.05) is 6.61 Å². The van der Waals surface area contributed by atoms with Crippen LogP contribution in [0.5, 0.6) is 5.75 Å². The lowest BCUT2D eigenvalue weighted by atomic mass is 9.96. The van der Waals surface area contributed by atoms with Crippen molar-refractivity contribution in [1.82, 2.24) is 5.32 Å². The number of ether oxygens (including phenoxy) is 1. The van der Waals surface area contributed by atoms with E-state index in [1.165, 1.54) is 0 Å². The number of nitriles is 1. The summed E-state index contributed by atoms with van der Waals surface area (Å²) in [5, 5.41) is 11.9. The number of hydrogen-bond donors (Lipinski definition) is 1. The van der Waals surface area contributed by atoms with Crippen molar-refractivity contribution in [1.29, 1.82) is 5.26 Å². The molecule has 4 nitrogen and oxygen atoms in total. The molecule has 1 heterocycles. The van der Waals surface area contributed by atoms with Crippen LogP contribution in [0.2, 0.25) is 0 Å². The third-order valence-corrected chi connectivity index (χ3v) is 3.10. The molecule has 94 valence electrons. The number of fused-ring (bicyclic) bond motifs is 1. The van der Waals surface area contributed by atoms with Crippen LogP contribution >= 0.6 is 0 Å². The second-order valence-corrected chi connectivity index (χ2v) is 4.76.